The van der Waals surface area contributed by atoms with Gasteiger partial charge in [-0.3, -0.25) is 9.69 Å². The highest BCUT2D eigenvalue weighted by molar-refractivity contribution is 5.77. The van der Waals surface area contributed by atoms with Crippen LogP contribution in [0.5, 0.6) is 0 Å². The third-order valence-corrected chi connectivity index (χ3v) is 2.67. The number of rotatable bonds is 3. The predicted molar refractivity (Wildman–Crippen MR) is 55.0 cm³/mol. The van der Waals surface area contributed by atoms with Gasteiger partial charge >= 0.3 is 0 Å². The van der Waals surface area contributed by atoms with E-state index < -0.39 is 5.60 Å². The van der Waals surface area contributed by atoms with Crippen LogP contribution in [0.15, 0.2) is 0 Å². The quantitative estimate of drug-likeness (QED) is 0.672. The van der Waals surface area contributed by atoms with E-state index in [9.17, 15) is 9.90 Å². The van der Waals surface area contributed by atoms with Crippen LogP contribution in [0.1, 0.15) is 26.7 Å². The van der Waals surface area contributed by atoms with E-state index in [1.54, 1.807) is 0 Å². The van der Waals surface area contributed by atoms with Crippen molar-refractivity contribution in [2.75, 3.05) is 26.2 Å². The van der Waals surface area contributed by atoms with Crippen molar-refractivity contribution in [1.82, 2.24) is 10.2 Å². The fraction of sp³-hybridized carbons (Fsp3) is 0.900. The molecule has 4 heteroatoms. The number of nitrogens with zero attached hydrogens (tertiary/aromatic N) is 1. The maximum absolute atomic E-state index is 11.3. The van der Waals surface area contributed by atoms with E-state index in [-0.39, 0.29) is 5.91 Å². The van der Waals surface area contributed by atoms with Crippen molar-refractivity contribution in [3.05, 3.63) is 0 Å². The number of likely N-dealkylation sites (N-methyl/N-ethyl adjacent to an activating group) is 1. The van der Waals surface area contributed by atoms with Gasteiger partial charge in [0, 0.05) is 19.6 Å². The zero-order chi connectivity index (χ0) is 10.6. The third kappa shape index (κ3) is 3.64. The normalized spacial score (nSPS) is 21.9. The van der Waals surface area contributed by atoms with E-state index in [4.69, 9.17) is 0 Å². The molecule has 1 aliphatic heterocycles. The summed E-state index contributed by atoms with van der Waals surface area (Å²) in [7, 11) is 0. The monoisotopic (exact) mass is 200 g/mol. The third-order valence-electron chi connectivity index (χ3n) is 2.67. The van der Waals surface area contributed by atoms with Crippen LogP contribution < -0.4 is 5.32 Å². The Hall–Kier alpha value is -0.610. The number of carbonyl (C=O) groups is 1. The smallest absolute Gasteiger partial charge is 0.234 e. The first-order valence-electron chi connectivity index (χ1n) is 5.25. The summed E-state index contributed by atoms with van der Waals surface area (Å²) in [6.45, 7) is 6.54. The Bertz CT molecular complexity index is 194. The molecule has 0 spiro atoms. The highest BCUT2D eigenvalue weighted by Gasteiger charge is 2.27. The van der Waals surface area contributed by atoms with Gasteiger partial charge < -0.3 is 10.4 Å². The van der Waals surface area contributed by atoms with Gasteiger partial charge in [-0.2, -0.15) is 0 Å². The second-order valence-electron chi connectivity index (χ2n) is 4.23. The molecule has 1 saturated heterocycles. The first-order valence-corrected chi connectivity index (χ1v) is 5.25. The molecule has 2 N–H and O–H groups in total. The van der Waals surface area contributed by atoms with Gasteiger partial charge in [0.1, 0.15) is 0 Å². The van der Waals surface area contributed by atoms with Crippen LogP contribution in [-0.2, 0) is 4.79 Å². The van der Waals surface area contributed by atoms with Gasteiger partial charge in [0.05, 0.1) is 12.1 Å². The number of aliphatic hydroxyl groups is 1. The van der Waals surface area contributed by atoms with E-state index in [2.05, 4.69) is 10.2 Å². The van der Waals surface area contributed by atoms with Crippen molar-refractivity contribution in [3.8, 4) is 0 Å². The van der Waals surface area contributed by atoms with Crippen molar-refractivity contribution in [3.63, 3.8) is 0 Å². The molecule has 0 saturated carbocycles. The minimum absolute atomic E-state index is 0.0778. The minimum atomic E-state index is -0.530. The first kappa shape index (κ1) is 11.5. The lowest BCUT2D eigenvalue weighted by molar-refractivity contribution is -0.123. The van der Waals surface area contributed by atoms with Crippen molar-refractivity contribution < 1.29 is 9.90 Å². The summed E-state index contributed by atoms with van der Waals surface area (Å²) >= 11 is 0. The Morgan fingerprint density at radius 2 is 2.07 bits per heavy atom. The number of piperidine rings is 1. The minimum Gasteiger partial charge on any atom is -0.390 e. The Balaban J connectivity index is 2.25. The fourth-order valence-corrected chi connectivity index (χ4v) is 1.65. The zero-order valence-corrected chi connectivity index (χ0v) is 9.05. The highest BCUT2D eigenvalue weighted by atomic mass is 16.3. The molecule has 0 bridgehead atoms. The molecule has 1 fully saturated rings. The maximum Gasteiger partial charge on any atom is 0.234 e. The van der Waals surface area contributed by atoms with E-state index in [0.717, 1.165) is 25.9 Å². The molecule has 1 aliphatic rings. The highest BCUT2D eigenvalue weighted by Crippen LogP contribution is 2.20. The van der Waals surface area contributed by atoms with Crippen molar-refractivity contribution >= 4 is 5.91 Å². The number of hydrogen-bond donors (Lipinski definition) is 2. The number of nitrogens with one attached hydrogen (secondary N) is 1. The van der Waals surface area contributed by atoms with E-state index in [1.807, 2.05) is 13.8 Å². The van der Waals surface area contributed by atoms with Gasteiger partial charge in [-0.05, 0) is 26.7 Å². The second kappa shape index (κ2) is 4.75. The van der Waals surface area contributed by atoms with Crippen molar-refractivity contribution in [2.24, 2.45) is 0 Å². The van der Waals surface area contributed by atoms with Gasteiger partial charge in [0.2, 0.25) is 5.91 Å². The van der Waals surface area contributed by atoms with Gasteiger partial charge in [0.25, 0.3) is 0 Å². The molecule has 14 heavy (non-hydrogen) atoms. The largest absolute Gasteiger partial charge is 0.390 e. The lowest BCUT2D eigenvalue weighted by Gasteiger charge is -2.35. The summed E-state index contributed by atoms with van der Waals surface area (Å²) in [6, 6.07) is 0. The lowest BCUT2D eigenvalue weighted by Crippen LogP contribution is -2.46. The van der Waals surface area contributed by atoms with E-state index in [1.165, 1.54) is 0 Å². The molecular formula is C10H20N2O2. The summed E-state index contributed by atoms with van der Waals surface area (Å²) in [5, 5.41) is 12.5. The molecule has 1 heterocycles. The molecule has 82 valence electrons. The molecule has 0 aromatic carbocycles. The Morgan fingerprint density at radius 3 is 2.57 bits per heavy atom. The molecule has 0 unspecified atom stereocenters. The van der Waals surface area contributed by atoms with Crippen molar-refractivity contribution in [1.29, 1.82) is 0 Å². The van der Waals surface area contributed by atoms with Gasteiger partial charge in [-0.1, -0.05) is 0 Å². The van der Waals surface area contributed by atoms with Gasteiger partial charge in [-0.15, -0.1) is 0 Å². The maximum atomic E-state index is 11.3. The molecule has 0 aromatic heterocycles. The standard InChI is InChI=1S/C10H20N2O2/c1-3-11-9(13)8-12-6-4-10(2,14)5-7-12/h14H,3-8H2,1-2H3,(H,11,13). The van der Waals surface area contributed by atoms with Crippen LogP contribution in [-0.4, -0.2) is 47.7 Å². The van der Waals surface area contributed by atoms with Crippen LogP contribution >= 0.6 is 0 Å². The first-order chi connectivity index (χ1) is 6.53. The van der Waals surface area contributed by atoms with E-state index in [0.29, 0.717) is 13.1 Å². The average Bonchev–Trinajstić information content (AvgIpc) is 2.09. The number of amides is 1. The Kier molecular flexibility index (Phi) is 3.89. The molecular weight excluding hydrogens is 180 g/mol. The molecule has 4 nitrogen and oxygen atoms in total. The topological polar surface area (TPSA) is 52.6 Å². The van der Waals surface area contributed by atoms with Crippen LogP contribution in [0.4, 0.5) is 0 Å². The Labute approximate surface area is 85.3 Å². The summed E-state index contributed by atoms with van der Waals surface area (Å²) in [5.41, 5.74) is -0.530. The molecule has 1 rings (SSSR count). The van der Waals surface area contributed by atoms with Gasteiger partial charge in [-0.25, -0.2) is 0 Å². The lowest BCUT2D eigenvalue weighted by atomic mass is 9.94. The number of carbonyl (C=O) groups excluding carboxylic acids is 1. The second-order valence-corrected chi connectivity index (χ2v) is 4.23. The van der Waals surface area contributed by atoms with Crippen LogP contribution in [0.2, 0.25) is 0 Å². The van der Waals surface area contributed by atoms with Crippen LogP contribution in [0, 0.1) is 0 Å². The Morgan fingerprint density at radius 1 is 1.50 bits per heavy atom. The fourth-order valence-electron chi connectivity index (χ4n) is 1.65. The molecule has 1 amide bonds. The number of hydrogen-bond acceptors (Lipinski definition) is 3. The molecule has 0 radical (unpaired) electrons. The van der Waals surface area contributed by atoms with Crippen molar-refractivity contribution in [2.45, 2.75) is 32.3 Å². The summed E-state index contributed by atoms with van der Waals surface area (Å²) < 4.78 is 0. The number of likely N-dealkylation sites (tertiary alicyclic amines) is 1. The average molecular weight is 200 g/mol. The summed E-state index contributed by atoms with van der Waals surface area (Å²) in [6.07, 6.45) is 1.51. The predicted octanol–water partition coefficient (Wildman–Crippen LogP) is -0.0307. The molecule has 0 aliphatic carbocycles. The van der Waals surface area contributed by atoms with Crippen LogP contribution in [0.3, 0.4) is 0 Å². The molecule has 0 aromatic rings. The van der Waals surface area contributed by atoms with Crippen LogP contribution in [0.25, 0.3) is 0 Å². The summed E-state index contributed by atoms with van der Waals surface area (Å²) in [5.74, 6) is 0.0778. The molecule has 0 atom stereocenters. The summed E-state index contributed by atoms with van der Waals surface area (Å²) in [4.78, 5) is 13.3. The van der Waals surface area contributed by atoms with E-state index >= 15 is 0 Å². The zero-order valence-electron chi connectivity index (χ0n) is 9.05. The SMILES string of the molecule is CCNC(=O)CN1CCC(C)(O)CC1. The van der Waals surface area contributed by atoms with Gasteiger partial charge in [0.15, 0.2) is 0 Å².